The minimum atomic E-state index is -0.779. The van der Waals surface area contributed by atoms with E-state index in [-0.39, 0.29) is 25.2 Å². The second-order valence-corrected chi connectivity index (χ2v) is 21.1. The van der Waals surface area contributed by atoms with Crippen molar-refractivity contribution in [1.29, 1.82) is 0 Å². The van der Waals surface area contributed by atoms with Crippen molar-refractivity contribution in [1.82, 2.24) is 0 Å². The fraction of sp³-hybridized carbons (Fsp3) is 0.690. The summed E-state index contributed by atoms with van der Waals surface area (Å²) in [5.74, 6) is -0.586. The third kappa shape index (κ3) is 62.8. The van der Waals surface area contributed by atoms with E-state index in [4.69, 9.17) is 9.47 Å². The van der Waals surface area contributed by atoms with Crippen LogP contribution in [0.25, 0.3) is 0 Å². The summed E-state index contributed by atoms with van der Waals surface area (Å²) >= 11 is 0. The lowest BCUT2D eigenvalue weighted by atomic mass is 10.0. The van der Waals surface area contributed by atoms with Gasteiger partial charge in [-0.2, -0.15) is 0 Å². The molecule has 0 rings (SSSR count). The van der Waals surface area contributed by atoms with Gasteiger partial charge in [-0.15, -0.1) is 0 Å². The maximum absolute atomic E-state index is 12.4. The van der Waals surface area contributed by atoms with Crippen LogP contribution in [0.1, 0.15) is 296 Å². The number of esters is 2. The Balaban J connectivity index is 3.48. The molecule has 0 spiro atoms. The van der Waals surface area contributed by atoms with Crippen LogP contribution in [0.3, 0.4) is 0 Å². The molecule has 0 aliphatic rings. The number of ether oxygens (including phenoxy) is 2. The predicted molar refractivity (Wildman–Crippen MR) is 334 cm³/mol. The molecule has 1 unspecified atom stereocenters. The molecule has 0 aliphatic carbocycles. The summed E-state index contributed by atoms with van der Waals surface area (Å²) in [7, 11) is 0. The number of carbonyl (C=O) groups is 2. The SMILES string of the molecule is CC/C=C\C/C=C\C/C=C\C/C=C\C/C=C\C/C=C\CCCCCCCCCCCCCCCCC(=O)OC(CO)COC(=O)CCCCCCCCCCCCCCCCCC/C=C\C/C=C\C/C=C\C/C=C\CC. The van der Waals surface area contributed by atoms with Crippen LogP contribution in [-0.4, -0.2) is 36.4 Å². The van der Waals surface area contributed by atoms with Crippen LogP contribution in [0.15, 0.2) is 122 Å². The van der Waals surface area contributed by atoms with Crippen molar-refractivity contribution >= 4 is 11.9 Å². The first-order valence-electron chi connectivity index (χ1n) is 32.1. The van der Waals surface area contributed by atoms with E-state index in [2.05, 4.69) is 135 Å². The quantitative estimate of drug-likeness (QED) is 0.0373. The highest BCUT2D eigenvalue weighted by Crippen LogP contribution is 2.17. The van der Waals surface area contributed by atoms with Gasteiger partial charge in [0.25, 0.3) is 0 Å². The highest BCUT2D eigenvalue weighted by atomic mass is 16.6. The molecule has 76 heavy (non-hydrogen) atoms. The van der Waals surface area contributed by atoms with Crippen molar-refractivity contribution < 1.29 is 24.2 Å². The third-order valence-electron chi connectivity index (χ3n) is 13.8. The van der Waals surface area contributed by atoms with E-state index in [1.807, 2.05) is 0 Å². The van der Waals surface area contributed by atoms with Crippen LogP contribution >= 0.6 is 0 Å². The van der Waals surface area contributed by atoms with Crippen molar-refractivity contribution in [3.8, 4) is 0 Å². The van der Waals surface area contributed by atoms with E-state index in [0.717, 1.165) is 103 Å². The molecule has 5 nitrogen and oxygen atoms in total. The molecule has 0 radical (unpaired) electrons. The molecular formula is C71H120O5. The van der Waals surface area contributed by atoms with Gasteiger partial charge >= 0.3 is 11.9 Å². The van der Waals surface area contributed by atoms with E-state index in [9.17, 15) is 14.7 Å². The van der Waals surface area contributed by atoms with Gasteiger partial charge in [0.15, 0.2) is 6.10 Å². The smallest absolute Gasteiger partial charge is 0.306 e. The number of hydrogen-bond donors (Lipinski definition) is 1. The minimum absolute atomic E-state index is 0.0689. The number of allylic oxidation sites excluding steroid dienone is 20. The molecule has 0 fully saturated rings. The van der Waals surface area contributed by atoms with Gasteiger partial charge in [-0.25, -0.2) is 0 Å². The molecule has 0 saturated carbocycles. The summed E-state index contributed by atoms with van der Waals surface area (Å²) in [5, 5.41) is 9.69. The Morgan fingerprint density at radius 3 is 0.789 bits per heavy atom. The van der Waals surface area contributed by atoms with Gasteiger partial charge in [0.1, 0.15) is 6.61 Å². The van der Waals surface area contributed by atoms with E-state index in [1.165, 1.54) is 167 Å². The first kappa shape index (κ1) is 72.3. The lowest BCUT2D eigenvalue weighted by Crippen LogP contribution is -2.28. The molecule has 0 saturated heterocycles. The summed E-state index contributed by atoms with van der Waals surface area (Å²) in [6.07, 6.45) is 96.3. The van der Waals surface area contributed by atoms with Gasteiger partial charge in [0, 0.05) is 12.8 Å². The van der Waals surface area contributed by atoms with Crippen molar-refractivity contribution in [3.05, 3.63) is 122 Å². The molecule has 0 amide bonds. The number of rotatable bonds is 58. The Kier molecular flexibility index (Phi) is 62.4. The largest absolute Gasteiger partial charge is 0.462 e. The van der Waals surface area contributed by atoms with Crippen molar-refractivity contribution in [2.45, 2.75) is 302 Å². The summed E-state index contributed by atoms with van der Waals surface area (Å²) in [6, 6.07) is 0. The Bertz CT molecular complexity index is 1520. The number of carbonyl (C=O) groups excluding carboxylic acids is 2. The standard InChI is InChI=1S/C71H120O5/c1-3-5-7-9-11-13-15-17-19-21-23-25-27-29-31-33-34-35-36-38-40-42-44-46-48-50-52-54-56-58-60-62-64-66-71(74)76-69(67-72)68-75-70(73)65-63-61-59-57-55-53-51-49-47-45-43-41-39-37-32-30-28-26-24-22-20-18-16-14-12-10-8-6-4-2/h5-8,11-14,17-20,23-26,29,31,34-35,69,72H,3-4,9-10,15-16,21-22,27-28,30,32-33,36-68H2,1-2H3/b7-5-,8-6-,13-11-,14-12-,19-17-,20-18-,25-23-,26-24-,31-29-,35-34-. The number of hydrogen-bond acceptors (Lipinski definition) is 5. The van der Waals surface area contributed by atoms with Crippen LogP contribution in [0.5, 0.6) is 0 Å². The second kappa shape index (κ2) is 65.6. The molecule has 5 heteroatoms. The molecule has 0 bridgehead atoms. The molecular weight excluding hydrogens is 933 g/mol. The van der Waals surface area contributed by atoms with Gasteiger partial charge in [-0.1, -0.05) is 302 Å². The Labute approximate surface area is 471 Å². The molecule has 434 valence electrons. The van der Waals surface area contributed by atoms with Gasteiger partial charge in [0.05, 0.1) is 6.61 Å². The van der Waals surface area contributed by atoms with Crippen LogP contribution in [0.4, 0.5) is 0 Å². The van der Waals surface area contributed by atoms with Gasteiger partial charge in [-0.3, -0.25) is 9.59 Å². The van der Waals surface area contributed by atoms with Crippen molar-refractivity contribution in [2.75, 3.05) is 13.2 Å². The zero-order valence-corrected chi connectivity index (χ0v) is 49.7. The second-order valence-electron chi connectivity index (χ2n) is 21.1. The predicted octanol–water partition coefficient (Wildman–Crippen LogP) is 22.2. The maximum Gasteiger partial charge on any atom is 0.306 e. The van der Waals surface area contributed by atoms with E-state index in [0.29, 0.717) is 12.8 Å². The highest BCUT2D eigenvalue weighted by Gasteiger charge is 2.16. The molecule has 0 heterocycles. The van der Waals surface area contributed by atoms with E-state index < -0.39 is 6.10 Å². The Morgan fingerprint density at radius 1 is 0.303 bits per heavy atom. The fourth-order valence-electron chi connectivity index (χ4n) is 9.02. The van der Waals surface area contributed by atoms with Crippen LogP contribution in [0, 0.1) is 0 Å². The molecule has 1 atom stereocenters. The zero-order valence-electron chi connectivity index (χ0n) is 49.7. The fourth-order valence-corrected chi connectivity index (χ4v) is 9.02. The average Bonchev–Trinajstić information content (AvgIpc) is 3.42. The van der Waals surface area contributed by atoms with E-state index >= 15 is 0 Å². The molecule has 0 aromatic carbocycles. The lowest BCUT2D eigenvalue weighted by molar-refractivity contribution is -0.161. The van der Waals surface area contributed by atoms with Crippen LogP contribution < -0.4 is 0 Å². The van der Waals surface area contributed by atoms with E-state index in [1.54, 1.807) is 0 Å². The Hall–Kier alpha value is -3.70. The molecule has 0 aliphatic heterocycles. The zero-order chi connectivity index (χ0) is 54.8. The third-order valence-corrected chi connectivity index (χ3v) is 13.8. The molecule has 1 N–H and O–H groups in total. The first-order valence-corrected chi connectivity index (χ1v) is 32.1. The van der Waals surface area contributed by atoms with Crippen LogP contribution in [-0.2, 0) is 19.1 Å². The molecule has 0 aromatic rings. The van der Waals surface area contributed by atoms with Gasteiger partial charge in [0.2, 0.25) is 0 Å². The summed E-state index contributed by atoms with van der Waals surface area (Å²) in [6.45, 7) is 3.94. The summed E-state index contributed by atoms with van der Waals surface area (Å²) < 4.78 is 10.7. The maximum atomic E-state index is 12.4. The lowest BCUT2D eigenvalue weighted by Gasteiger charge is -2.15. The van der Waals surface area contributed by atoms with Crippen molar-refractivity contribution in [2.24, 2.45) is 0 Å². The molecule has 0 aromatic heterocycles. The Morgan fingerprint density at radius 2 is 0.526 bits per heavy atom. The highest BCUT2D eigenvalue weighted by molar-refractivity contribution is 5.70. The number of aliphatic hydroxyl groups excluding tert-OH is 1. The monoisotopic (exact) mass is 1050 g/mol. The summed E-state index contributed by atoms with van der Waals surface area (Å²) in [5.41, 5.74) is 0. The number of unbranched alkanes of at least 4 members (excludes halogenated alkanes) is 30. The van der Waals surface area contributed by atoms with Gasteiger partial charge < -0.3 is 14.6 Å². The average molecular weight is 1050 g/mol. The van der Waals surface area contributed by atoms with Gasteiger partial charge in [-0.05, 0) is 103 Å². The minimum Gasteiger partial charge on any atom is -0.462 e. The first-order chi connectivity index (χ1) is 37.6. The van der Waals surface area contributed by atoms with Crippen molar-refractivity contribution in [3.63, 3.8) is 0 Å². The normalized spacial score (nSPS) is 13.0. The number of aliphatic hydroxyl groups is 1. The van der Waals surface area contributed by atoms with Crippen LogP contribution in [0.2, 0.25) is 0 Å². The topological polar surface area (TPSA) is 72.8 Å². The summed E-state index contributed by atoms with van der Waals surface area (Å²) in [4.78, 5) is 24.6.